The summed E-state index contributed by atoms with van der Waals surface area (Å²) < 4.78 is 0. The van der Waals surface area contributed by atoms with Crippen LogP contribution in [0.1, 0.15) is 5.56 Å². The number of hydrogen-bond donors (Lipinski definition) is 1. The van der Waals surface area contributed by atoms with Gasteiger partial charge in [-0.15, -0.1) is 11.8 Å². The number of benzene rings is 1. The monoisotopic (exact) mass is 259 g/mol. The number of nitriles is 1. The number of thioether (sulfide) groups is 1. The molecule has 3 nitrogen and oxygen atoms in total. The summed E-state index contributed by atoms with van der Waals surface area (Å²) in [5.41, 5.74) is 1.97. The number of hydrogen-bond acceptors (Lipinski definition) is 4. The van der Waals surface area contributed by atoms with Crippen molar-refractivity contribution in [2.75, 3.05) is 37.3 Å². The van der Waals surface area contributed by atoms with Crippen LogP contribution in [0.5, 0.6) is 0 Å². The first-order valence-electron chi connectivity index (χ1n) is 6.36. The van der Waals surface area contributed by atoms with E-state index in [2.05, 4.69) is 28.4 Å². The third kappa shape index (κ3) is 1.88. The Morgan fingerprint density at radius 1 is 1.33 bits per heavy atom. The van der Waals surface area contributed by atoms with E-state index in [1.165, 1.54) is 0 Å². The van der Waals surface area contributed by atoms with Crippen LogP contribution >= 0.6 is 11.8 Å². The van der Waals surface area contributed by atoms with E-state index in [4.69, 9.17) is 0 Å². The summed E-state index contributed by atoms with van der Waals surface area (Å²) in [5.74, 6) is 1.52. The van der Waals surface area contributed by atoms with Crippen LogP contribution in [0.3, 0.4) is 0 Å². The summed E-state index contributed by atoms with van der Waals surface area (Å²) in [7, 11) is 0. The Balaban J connectivity index is 1.91. The molecule has 0 bridgehead atoms. The van der Waals surface area contributed by atoms with Gasteiger partial charge in [0.15, 0.2) is 0 Å². The van der Waals surface area contributed by atoms with Crippen molar-refractivity contribution in [3.05, 3.63) is 23.8 Å². The standard InChI is InChI=1S/C14H17N3S/c1-18-14-4-2-3-13(12(14)5-15)17-8-10-6-16-7-11(10)9-17/h2-4,10-11,16H,6-9H2,1H3. The van der Waals surface area contributed by atoms with Crippen LogP contribution in [-0.2, 0) is 0 Å². The summed E-state index contributed by atoms with van der Waals surface area (Å²) in [6.45, 7) is 4.44. The topological polar surface area (TPSA) is 39.1 Å². The maximum absolute atomic E-state index is 9.39. The van der Waals surface area contributed by atoms with Gasteiger partial charge in [0.2, 0.25) is 0 Å². The number of rotatable bonds is 2. The van der Waals surface area contributed by atoms with Crippen LogP contribution in [0, 0.1) is 23.2 Å². The number of anilines is 1. The first kappa shape index (κ1) is 11.9. The molecule has 1 aromatic carbocycles. The molecule has 0 aromatic heterocycles. The SMILES string of the molecule is CSc1cccc(N2CC3CNCC3C2)c1C#N. The number of nitrogens with one attached hydrogen (secondary N) is 1. The highest BCUT2D eigenvalue weighted by Gasteiger charge is 2.36. The van der Waals surface area contributed by atoms with E-state index < -0.39 is 0 Å². The van der Waals surface area contributed by atoms with Crippen molar-refractivity contribution in [3.63, 3.8) is 0 Å². The summed E-state index contributed by atoms with van der Waals surface area (Å²) in [6.07, 6.45) is 2.03. The minimum atomic E-state index is 0.759. The molecule has 2 unspecified atom stereocenters. The van der Waals surface area contributed by atoms with Gasteiger partial charge in [-0.1, -0.05) is 6.07 Å². The minimum Gasteiger partial charge on any atom is -0.370 e. The molecule has 94 valence electrons. The molecule has 0 radical (unpaired) electrons. The van der Waals surface area contributed by atoms with Gasteiger partial charge >= 0.3 is 0 Å². The van der Waals surface area contributed by atoms with Crippen molar-refractivity contribution in [1.29, 1.82) is 5.26 Å². The quantitative estimate of drug-likeness (QED) is 0.824. The fraction of sp³-hybridized carbons (Fsp3) is 0.500. The van der Waals surface area contributed by atoms with Crippen LogP contribution in [0.2, 0.25) is 0 Å². The predicted octanol–water partition coefficient (Wildman–Crippen LogP) is 1.94. The molecule has 2 heterocycles. The fourth-order valence-electron chi connectivity index (χ4n) is 3.12. The van der Waals surface area contributed by atoms with Gasteiger partial charge in [-0.05, 0) is 30.2 Å². The second kappa shape index (κ2) is 4.83. The van der Waals surface area contributed by atoms with Gasteiger partial charge in [0.25, 0.3) is 0 Å². The smallest absolute Gasteiger partial charge is 0.103 e. The molecule has 0 amide bonds. The van der Waals surface area contributed by atoms with E-state index in [1.54, 1.807) is 11.8 Å². The Bertz CT molecular complexity index is 482. The lowest BCUT2D eigenvalue weighted by molar-refractivity contribution is 0.533. The Labute approximate surface area is 112 Å². The van der Waals surface area contributed by atoms with Crippen molar-refractivity contribution in [3.8, 4) is 6.07 Å². The predicted molar refractivity (Wildman–Crippen MR) is 75.0 cm³/mol. The lowest BCUT2D eigenvalue weighted by Gasteiger charge is -2.22. The molecule has 2 fully saturated rings. The Kier molecular flexibility index (Phi) is 3.19. The molecular formula is C14H17N3S. The minimum absolute atomic E-state index is 0.759. The Hall–Kier alpha value is -1.18. The molecule has 0 spiro atoms. The molecule has 2 atom stereocenters. The molecule has 0 aliphatic carbocycles. The maximum atomic E-state index is 9.39. The molecule has 2 aliphatic rings. The third-order valence-corrected chi connectivity index (χ3v) is 4.85. The first-order chi connectivity index (χ1) is 8.83. The van der Waals surface area contributed by atoms with Gasteiger partial charge in [0.05, 0.1) is 11.3 Å². The lowest BCUT2D eigenvalue weighted by atomic mass is 10.0. The van der Waals surface area contributed by atoms with Crippen molar-refractivity contribution >= 4 is 17.4 Å². The van der Waals surface area contributed by atoms with Gasteiger partial charge in [0, 0.05) is 31.1 Å². The van der Waals surface area contributed by atoms with Crippen LogP contribution in [-0.4, -0.2) is 32.4 Å². The lowest BCUT2D eigenvalue weighted by Crippen LogP contribution is -2.26. The second-order valence-electron chi connectivity index (χ2n) is 5.05. The van der Waals surface area contributed by atoms with Crippen molar-refractivity contribution in [2.45, 2.75) is 4.90 Å². The zero-order valence-corrected chi connectivity index (χ0v) is 11.3. The van der Waals surface area contributed by atoms with Gasteiger partial charge < -0.3 is 10.2 Å². The Morgan fingerprint density at radius 2 is 2.06 bits per heavy atom. The molecule has 2 aliphatic heterocycles. The average molecular weight is 259 g/mol. The highest BCUT2D eigenvalue weighted by atomic mass is 32.2. The van der Waals surface area contributed by atoms with Crippen molar-refractivity contribution < 1.29 is 0 Å². The van der Waals surface area contributed by atoms with Gasteiger partial charge in [-0.25, -0.2) is 0 Å². The average Bonchev–Trinajstić information content (AvgIpc) is 2.98. The molecule has 4 heteroatoms. The van der Waals surface area contributed by atoms with Gasteiger partial charge in [0.1, 0.15) is 6.07 Å². The summed E-state index contributed by atoms with van der Waals surface area (Å²) >= 11 is 1.65. The summed E-state index contributed by atoms with van der Waals surface area (Å²) in [5, 5.41) is 12.8. The van der Waals surface area contributed by atoms with Crippen LogP contribution in [0.25, 0.3) is 0 Å². The molecule has 2 saturated heterocycles. The van der Waals surface area contributed by atoms with Crippen molar-refractivity contribution in [1.82, 2.24) is 5.32 Å². The zero-order chi connectivity index (χ0) is 12.5. The van der Waals surface area contributed by atoms with E-state index in [0.29, 0.717) is 0 Å². The summed E-state index contributed by atoms with van der Waals surface area (Å²) in [6, 6.07) is 8.57. The van der Waals surface area contributed by atoms with E-state index in [9.17, 15) is 5.26 Å². The molecule has 3 rings (SSSR count). The van der Waals surface area contributed by atoms with E-state index in [-0.39, 0.29) is 0 Å². The van der Waals surface area contributed by atoms with Crippen LogP contribution in [0.15, 0.2) is 23.1 Å². The van der Waals surface area contributed by atoms with Crippen LogP contribution < -0.4 is 10.2 Å². The fourth-order valence-corrected chi connectivity index (χ4v) is 3.69. The molecule has 1 aromatic rings. The second-order valence-corrected chi connectivity index (χ2v) is 5.90. The molecule has 0 saturated carbocycles. The normalized spacial score (nSPS) is 26.1. The largest absolute Gasteiger partial charge is 0.370 e. The molecule has 1 N–H and O–H groups in total. The van der Waals surface area contributed by atoms with E-state index >= 15 is 0 Å². The maximum Gasteiger partial charge on any atom is 0.103 e. The van der Waals surface area contributed by atoms with Gasteiger partial charge in [-0.2, -0.15) is 5.26 Å². The third-order valence-electron chi connectivity index (χ3n) is 4.07. The first-order valence-corrected chi connectivity index (χ1v) is 7.58. The number of fused-ring (bicyclic) bond motifs is 1. The van der Waals surface area contributed by atoms with E-state index in [1.807, 2.05) is 12.3 Å². The number of nitrogens with zero attached hydrogens (tertiary/aromatic N) is 2. The van der Waals surface area contributed by atoms with E-state index in [0.717, 1.165) is 54.2 Å². The Morgan fingerprint density at radius 3 is 2.67 bits per heavy atom. The highest BCUT2D eigenvalue weighted by Crippen LogP contribution is 2.35. The summed E-state index contributed by atoms with van der Waals surface area (Å²) in [4.78, 5) is 3.49. The zero-order valence-electron chi connectivity index (χ0n) is 10.5. The van der Waals surface area contributed by atoms with Gasteiger partial charge in [-0.3, -0.25) is 0 Å². The van der Waals surface area contributed by atoms with Crippen LogP contribution in [0.4, 0.5) is 5.69 Å². The molecule has 18 heavy (non-hydrogen) atoms. The molecular weight excluding hydrogens is 242 g/mol. The highest BCUT2D eigenvalue weighted by molar-refractivity contribution is 7.98. The van der Waals surface area contributed by atoms with Crippen molar-refractivity contribution in [2.24, 2.45) is 11.8 Å².